The highest BCUT2D eigenvalue weighted by molar-refractivity contribution is 6.03. The molecule has 3 aromatic rings. The van der Waals surface area contributed by atoms with E-state index in [1.165, 1.54) is 11.6 Å². The highest BCUT2D eigenvalue weighted by Gasteiger charge is 2.31. The molecule has 0 fully saturated rings. The molecule has 1 aliphatic rings. The van der Waals surface area contributed by atoms with Crippen molar-refractivity contribution in [2.45, 2.75) is 26.5 Å². The lowest BCUT2D eigenvalue weighted by Crippen LogP contribution is -2.44. The molecule has 5 nitrogen and oxygen atoms in total. The molecule has 5 heteroatoms. The minimum Gasteiger partial charge on any atom is -0.479 e. The third kappa shape index (κ3) is 4.83. The van der Waals surface area contributed by atoms with Crippen molar-refractivity contribution in [2.24, 2.45) is 0 Å². The highest BCUT2D eigenvalue weighted by atomic mass is 16.5. The van der Waals surface area contributed by atoms with Gasteiger partial charge >= 0.3 is 0 Å². The third-order valence-electron chi connectivity index (χ3n) is 5.12. The summed E-state index contributed by atoms with van der Waals surface area (Å²) >= 11 is 0. The van der Waals surface area contributed by atoms with Crippen LogP contribution in [0.3, 0.4) is 0 Å². The molecule has 3 aromatic carbocycles. The predicted molar refractivity (Wildman–Crippen MR) is 123 cm³/mol. The summed E-state index contributed by atoms with van der Waals surface area (Å²) in [6.07, 6.45) is 2.67. The molecule has 0 aliphatic carbocycles. The highest BCUT2D eigenvalue weighted by Crippen LogP contribution is 2.37. The van der Waals surface area contributed by atoms with Gasteiger partial charge in [-0.3, -0.25) is 9.59 Å². The molecule has 2 amide bonds. The van der Waals surface area contributed by atoms with Gasteiger partial charge in [0.1, 0.15) is 5.75 Å². The molecule has 1 aliphatic heterocycles. The number of hydrogen-bond acceptors (Lipinski definition) is 3. The van der Waals surface area contributed by atoms with Crippen LogP contribution in [0.25, 0.3) is 6.08 Å². The molecule has 1 unspecified atom stereocenters. The number of fused-ring (bicyclic) bond motifs is 1. The van der Waals surface area contributed by atoms with E-state index in [4.69, 9.17) is 4.74 Å². The number of benzene rings is 3. The number of amides is 2. The van der Waals surface area contributed by atoms with E-state index >= 15 is 0 Å². The van der Waals surface area contributed by atoms with Gasteiger partial charge in [0.05, 0.1) is 12.2 Å². The summed E-state index contributed by atoms with van der Waals surface area (Å²) in [5, 5.41) is 2.86. The van der Waals surface area contributed by atoms with Gasteiger partial charge in [0, 0.05) is 17.8 Å². The van der Waals surface area contributed by atoms with Gasteiger partial charge in [-0.1, -0.05) is 60.2 Å². The molecular formula is C26H24N2O3. The van der Waals surface area contributed by atoms with E-state index in [1.54, 1.807) is 36.1 Å². The van der Waals surface area contributed by atoms with E-state index in [-0.39, 0.29) is 11.8 Å². The molecule has 1 N–H and O–H groups in total. The number of anilines is 2. The minimum atomic E-state index is -0.594. The van der Waals surface area contributed by atoms with Crippen molar-refractivity contribution in [1.29, 1.82) is 0 Å². The van der Waals surface area contributed by atoms with Gasteiger partial charge in [-0.15, -0.1) is 0 Å². The smallest absolute Gasteiger partial charge is 0.268 e. The molecule has 0 saturated carbocycles. The van der Waals surface area contributed by atoms with Crippen LogP contribution >= 0.6 is 0 Å². The maximum Gasteiger partial charge on any atom is 0.268 e. The van der Waals surface area contributed by atoms with E-state index < -0.39 is 6.10 Å². The van der Waals surface area contributed by atoms with Crippen molar-refractivity contribution in [3.8, 4) is 5.75 Å². The molecule has 0 aromatic heterocycles. The zero-order valence-corrected chi connectivity index (χ0v) is 17.5. The van der Waals surface area contributed by atoms with Crippen molar-refractivity contribution in [3.05, 3.63) is 95.6 Å². The number of ether oxygens (including phenoxy) is 1. The van der Waals surface area contributed by atoms with Gasteiger partial charge in [-0.05, 0) is 43.2 Å². The van der Waals surface area contributed by atoms with E-state index in [1.807, 2.05) is 61.5 Å². The largest absolute Gasteiger partial charge is 0.479 e. The molecule has 0 radical (unpaired) electrons. The summed E-state index contributed by atoms with van der Waals surface area (Å²) in [6, 6.07) is 23.1. The SMILES string of the molecule is Cc1ccc(/C=C/C(=O)Nc2ccc3c(c2)OC(C)C(=O)N3Cc2ccccc2)cc1. The first kappa shape index (κ1) is 20.4. The lowest BCUT2D eigenvalue weighted by atomic mass is 10.1. The van der Waals surface area contributed by atoms with Crippen LogP contribution in [0, 0.1) is 6.92 Å². The van der Waals surface area contributed by atoms with Crippen LogP contribution < -0.4 is 15.0 Å². The fraction of sp³-hybridized carbons (Fsp3) is 0.154. The van der Waals surface area contributed by atoms with Gasteiger partial charge in [0.2, 0.25) is 5.91 Å². The average Bonchev–Trinajstić information content (AvgIpc) is 2.77. The summed E-state index contributed by atoms with van der Waals surface area (Å²) in [4.78, 5) is 26.8. The van der Waals surface area contributed by atoms with Crippen LogP contribution in [0.2, 0.25) is 0 Å². The normalized spacial score (nSPS) is 15.5. The minimum absolute atomic E-state index is 0.0887. The van der Waals surface area contributed by atoms with Crippen LogP contribution in [-0.4, -0.2) is 17.9 Å². The third-order valence-corrected chi connectivity index (χ3v) is 5.12. The van der Waals surface area contributed by atoms with Crippen LogP contribution in [0.4, 0.5) is 11.4 Å². The number of nitrogens with zero attached hydrogens (tertiary/aromatic N) is 1. The summed E-state index contributed by atoms with van der Waals surface area (Å²) < 4.78 is 5.81. The summed E-state index contributed by atoms with van der Waals surface area (Å²) in [5.41, 5.74) is 4.47. The second-order valence-corrected chi connectivity index (χ2v) is 7.59. The molecule has 4 rings (SSSR count). The van der Waals surface area contributed by atoms with Crippen molar-refractivity contribution in [3.63, 3.8) is 0 Å². The van der Waals surface area contributed by atoms with E-state index in [0.29, 0.717) is 23.7 Å². The maximum atomic E-state index is 12.7. The molecular weight excluding hydrogens is 388 g/mol. The van der Waals surface area contributed by atoms with Gasteiger partial charge in [0.15, 0.2) is 6.10 Å². The van der Waals surface area contributed by atoms with Crippen LogP contribution in [0.15, 0.2) is 78.9 Å². The first-order valence-corrected chi connectivity index (χ1v) is 10.2. The Morgan fingerprint density at radius 3 is 2.55 bits per heavy atom. The Labute approximate surface area is 182 Å². The van der Waals surface area contributed by atoms with Crippen molar-refractivity contribution in [2.75, 3.05) is 10.2 Å². The quantitative estimate of drug-likeness (QED) is 0.603. The standard InChI is InChI=1S/C26H24N2O3/c1-18-8-10-20(11-9-18)12-15-25(29)27-22-13-14-23-24(16-22)31-19(2)26(30)28(23)17-21-6-4-3-5-7-21/h3-16,19H,17H2,1-2H3,(H,27,29)/b15-12+. The van der Waals surface area contributed by atoms with E-state index in [2.05, 4.69) is 5.32 Å². The number of nitrogens with one attached hydrogen (secondary N) is 1. The fourth-order valence-electron chi connectivity index (χ4n) is 3.45. The number of rotatable bonds is 5. The second-order valence-electron chi connectivity index (χ2n) is 7.59. The molecule has 1 heterocycles. The van der Waals surface area contributed by atoms with Gasteiger partial charge in [-0.25, -0.2) is 0 Å². The Morgan fingerprint density at radius 1 is 1.06 bits per heavy atom. The maximum absolute atomic E-state index is 12.7. The molecule has 156 valence electrons. The fourth-order valence-corrected chi connectivity index (χ4v) is 3.45. The van der Waals surface area contributed by atoms with Gasteiger partial charge in [-0.2, -0.15) is 0 Å². The average molecular weight is 412 g/mol. The summed E-state index contributed by atoms with van der Waals surface area (Å²) in [6.45, 7) is 4.22. The van der Waals surface area contributed by atoms with Gasteiger partial charge in [0.25, 0.3) is 5.91 Å². The number of carbonyl (C=O) groups excluding carboxylic acids is 2. The predicted octanol–water partition coefficient (Wildman–Crippen LogP) is 4.96. The Kier molecular flexibility index (Phi) is 5.85. The Morgan fingerprint density at radius 2 is 1.81 bits per heavy atom. The Hall–Kier alpha value is -3.86. The topological polar surface area (TPSA) is 58.6 Å². The Balaban J connectivity index is 1.50. The van der Waals surface area contributed by atoms with Gasteiger partial charge < -0.3 is 15.0 Å². The number of carbonyl (C=O) groups is 2. The first-order chi connectivity index (χ1) is 15.0. The lowest BCUT2D eigenvalue weighted by Gasteiger charge is -2.33. The molecule has 0 spiro atoms. The zero-order chi connectivity index (χ0) is 21.8. The summed E-state index contributed by atoms with van der Waals surface area (Å²) in [5.74, 6) is 0.249. The van der Waals surface area contributed by atoms with Crippen molar-refractivity contribution in [1.82, 2.24) is 0 Å². The van der Waals surface area contributed by atoms with Crippen molar-refractivity contribution < 1.29 is 14.3 Å². The van der Waals surface area contributed by atoms with E-state index in [9.17, 15) is 9.59 Å². The monoisotopic (exact) mass is 412 g/mol. The molecule has 0 saturated heterocycles. The first-order valence-electron chi connectivity index (χ1n) is 10.2. The second kappa shape index (κ2) is 8.88. The number of aryl methyl sites for hydroxylation is 1. The van der Waals surface area contributed by atoms with Crippen LogP contribution in [0.5, 0.6) is 5.75 Å². The Bertz CT molecular complexity index is 1120. The zero-order valence-electron chi connectivity index (χ0n) is 17.5. The molecule has 31 heavy (non-hydrogen) atoms. The van der Waals surface area contributed by atoms with Crippen molar-refractivity contribution >= 4 is 29.3 Å². The van der Waals surface area contributed by atoms with E-state index in [0.717, 1.165) is 11.1 Å². The molecule has 1 atom stereocenters. The lowest BCUT2D eigenvalue weighted by molar-refractivity contribution is -0.125. The van der Waals surface area contributed by atoms with Crippen LogP contribution in [0.1, 0.15) is 23.6 Å². The summed E-state index contributed by atoms with van der Waals surface area (Å²) in [7, 11) is 0. The van der Waals surface area contributed by atoms with Crippen LogP contribution in [-0.2, 0) is 16.1 Å². The number of hydrogen-bond donors (Lipinski definition) is 1. The molecule has 0 bridgehead atoms.